The van der Waals surface area contributed by atoms with Crippen LogP contribution in [0.5, 0.6) is 0 Å². The maximum Gasteiger partial charge on any atom is 0.188 e. The molecule has 0 aromatic carbocycles. The molecule has 0 saturated carbocycles. The van der Waals surface area contributed by atoms with Gasteiger partial charge in [0.2, 0.25) is 0 Å². The Kier molecular flexibility index (Phi) is 4.81. The van der Waals surface area contributed by atoms with Gasteiger partial charge in [-0.15, -0.1) is 0 Å². The van der Waals surface area contributed by atoms with Gasteiger partial charge in [-0.2, -0.15) is 0 Å². The third-order valence-electron chi connectivity index (χ3n) is 2.37. The highest BCUT2D eigenvalue weighted by molar-refractivity contribution is 5.77. The number of nitrogens with zero attached hydrogens (tertiary/aromatic N) is 1. The number of hydrogen-bond donors (Lipinski definition) is 2. The number of hydrogen-bond acceptors (Lipinski definition) is 1. The van der Waals surface area contributed by atoms with Crippen molar-refractivity contribution in [3.05, 3.63) is 0 Å². The summed E-state index contributed by atoms with van der Waals surface area (Å²) in [6.07, 6.45) is 0. The second-order valence-electron chi connectivity index (χ2n) is 4.52. The van der Waals surface area contributed by atoms with Crippen molar-refractivity contribution in [1.29, 1.82) is 0 Å². The Labute approximate surface area is 81.8 Å². The number of rotatable bonds is 3. The molecule has 0 bridgehead atoms. The lowest BCUT2D eigenvalue weighted by Crippen LogP contribution is -2.32. The van der Waals surface area contributed by atoms with Crippen LogP contribution >= 0.6 is 0 Å². The Hall–Kier alpha value is -0.730. The average Bonchev–Trinajstić information content (AvgIpc) is 1.99. The number of nitrogens with one attached hydrogen (secondary N) is 1. The van der Waals surface area contributed by atoms with E-state index >= 15 is 0 Å². The number of nitrogens with two attached hydrogens (primary N) is 1. The van der Waals surface area contributed by atoms with Gasteiger partial charge in [0.1, 0.15) is 0 Å². The topological polar surface area (TPSA) is 50.4 Å². The van der Waals surface area contributed by atoms with E-state index in [2.05, 4.69) is 38.0 Å². The molecule has 0 saturated heterocycles. The number of guanidine groups is 1. The van der Waals surface area contributed by atoms with Gasteiger partial charge in [0.25, 0.3) is 0 Å². The molecule has 0 amide bonds. The van der Waals surface area contributed by atoms with E-state index in [9.17, 15) is 0 Å². The van der Waals surface area contributed by atoms with E-state index in [1.807, 2.05) is 6.92 Å². The van der Waals surface area contributed by atoms with Gasteiger partial charge in [-0.3, -0.25) is 4.99 Å². The zero-order chi connectivity index (χ0) is 10.5. The minimum Gasteiger partial charge on any atom is -0.370 e. The van der Waals surface area contributed by atoms with E-state index in [-0.39, 0.29) is 0 Å². The first-order valence-electron chi connectivity index (χ1n) is 4.91. The molecule has 0 heterocycles. The average molecular weight is 185 g/mol. The maximum atomic E-state index is 5.61. The van der Waals surface area contributed by atoms with Crippen LogP contribution in [0.25, 0.3) is 0 Å². The minimum absolute atomic E-state index is 0.302. The van der Waals surface area contributed by atoms with Gasteiger partial charge in [-0.1, -0.05) is 27.7 Å². The summed E-state index contributed by atoms with van der Waals surface area (Å²) in [5, 5.41) is 2.98. The van der Waals surface area contributed by atoms with Crippen LogP contribution in [0.1, 0.15) is 34.6 Å². The summed E-state index contributed by atoms with van der Waals surface area (Å²) < 4.78 is 0. The van der Waals surface area contributed by atoms with Gasteiger partial charge in [-0.05, 0) is 18.3 Å². The van der Waals surface area contributed by atoms with Crippen molar-refractivity contribution in [2.75, 3.05) is 13.1 Å². The third-order valence-corrected chi connectivity index (χ3v) is 2.37. The zero-order valence-corrected chi connectivity index (χ0v) is 9.52. The zero-order valence-electron chi connectivity index (χ0n) is 9.52. The third kappa shape index (κ3) is 5.50. The van der Waals surface area contributed by atoms with E-state index in [0.29, 0.717) is 17.3 Å². The fraction of sp³-hybridized carbons (Fsp3) is 0.900. The number of aliphatic imine (C=N–C) groups is 1. The summed E-state index contributed by atoms with van der Waals surface area (Å²) in [5.41, 5.74) is 5.92. The highest BCUT2D eigenvalue weighted by atomic mass is 15.1. The van der Waals surface area contributed by atoms with Crippen LogP contribution in [0.15, 0.2) is 4.99 Å². The van der Waals surface area contributed by atoms with Crippen LogP contribution in [-0.2, 0) is 0 Å². The Bertz CT molecular complexity index is 167. The molecule has 3 N–H and O–H groups in total. The van der Waals surface area contributed by atoms with Crippen LogP contribution in [0.3, 0.4) is 0 Å². The predicted octanol–water partition coefficient (Wildman–Crippen LogP) is 1.59. The lowest BCUT2D eigenvalue weighted by molar-refractivity contribution is 0.269. The molecule has 0 aliphatic heterocycles. The summed E-state index contributed by atoms with van der Waals surface area (Å²) >= 11 is 0. The SMILES string of the molecule is CCNC(N)=NCC(C)C(C)(C)C. The molecule has 3 nitrogen and oxygen atoms in total. The van der Waals surface area contributed by atoms with E-state index in [4.69, 9.17) is 5.73 Å². The fourth-order valence-corrected chi connectivity index (χ4v) is 0.746. The van der Waals surface area contributed by atoms with Crippen molar-refractivity contribution >= 4 is 5.96 Å². The molecule has 0 aromatic rings. The molecule has 78 valence electrons. The maximum absolute atomic E-state index is 5.61. The van der Waals surface area contributed by atoms with E-state index < -0.39 is 0 Å². The molecule has 13 heavy (non-hydrogen) atoms. The smallest absolute Gasteiger partial charge is 0.188 e. The van der Waals surface area contributed by atoms with Crippen LogP contribution in [-0.4, -0.2) is 19.0 Å². The molecule has 1 atom stereocenters. The quantitative estimate of drug-likeness (QED) is 0.518. The molecule has 0 spiro atoms. The Morgan fingerprint density at radius 2 is 2.00 bits per heavy atom. The van der Waals surface area contributed by atoms with Crippen molar-refractivity contribution in [2.24, 2.45) is 22.1 Å². The van der Waals surface area contributed by atoms with E-state index in [1.54, 1.807) is 0 Å². The largest absolute Gasteiger partial charge is 0.370 e. The summed E-state index contributed by atoms with van der Waals surface area (Å²) in [4.78, 5) is 4.26. The first kappa shape index (κ1) is 12.3. The first-order chi connectivity index (χ1) is 5.88. The molecule has 0 rings (SSSR count). The Morgan fingerprint density at radius 1 is 1.46 bits per heavy atom. The van der Waals surface area contributed by atoms with Gasteiger partial charge in [-0.25, -0.2) is 0 Å². The highest BCUT2D eigenvalue weighted by Crippen LogP contribution is 2.25. The van der Waals surface area contributed by atoms with Crippen molar-refractivity contribution in [3.63, 3.8) is 0 Å². The van der Waals surface area contributed by atoms with Gasteiger partial charge in [0.05, 0.1) is 0 Å². The van der Waals surface area contributed by atoms with E-state index in [1.165, 1.54) is 0 Å². The Balaban J connectivity index is 3.94. The monoisotopic (exact) mass is 185 g/mol. The van der Waals surface area contributed by atoms with Gasteiger partial charge >= 0.3 is 0 Å². The van der Waals surface area contributed by atoms with Gasteiger partial charge in [0.15, 0.2) is 5.96 Å². The second-order valence-corrected chi connectivity index (χ2v) is 4.52. The fourth-order valence-electron chi connectivity index (χ4n) is 0.746. The highest BCUT2D eigenvalue weighted by Gasteiger charge is 2.19. The van der Waals surface area contributed by atoms with Crippen LogP contribution in [0.2, 0.25) is 0 Å². The molecule has 0 radical (unpaired) electrons. The molecule has 0 aromatic heterocycles. The van der Waals surface area contributed by atoms with Crippen LogP contribution < -0.4 is 11.1 Å². The van der Waals surface area contributed by atoms with Crippen LogP contribution in [0, 0.1) is 11.3 Å². The standard InChI is InChI=1S/C10H23N3/c1-6-12-9(11)13-7-8(2)10(3,4)5/h8H,6-7H2,1-5H3,(H3,11,12,13). The summed E-state index contributed by atoms with van der Waals surface area (Å²) in [6.45, 7) is 12.5. The van der Waals surface area contributed by atoms with Crippen molar-refractivity contribution in [2.45, 2.75) is 34.6 Å². The lowest BCUT2D eigenvalue weighted by atomic mass is 9.82. The summed E-state index contributed by atoms with van der Waals surface area (Å²) in [6, 6.07) is 0. The molecule has 0 aliphatic carbocycles. The molecule has 3 heteroatoms. The molecule has 0 aliphatic rings. The molecule has 0 fully saturated rings. The van der Waals surface area contributed by atoms with E-state index in [0.717, 1.165) is 13.1 Å². The summed E-state index contributed by atoms with van der Waals surface area (Å²) in [5.74, 6) is 1.10. The normalized spacial score (nSPS) is 15.6. The first-order valence-corrected chi connectivity index (χ1v) is 4.91. The second kappa shape index (κ2) is 5.10. The molecular formula is C10H23N3. The summed E-state index contributed by atoms with van der Waals surface area (Å²) in [7, 11) is 0. The Morgan fingerprint density at radius 3 is 2.38 bits per heavy atom. The predicted molar refractivity (Wildman–Crippen MR) is 58.8 cm³/mol. The minimum atomic E-state index is 0.302. The van der Waals surface area contributed by atoms with Crippen LogP contribution in [0.4, 0.5) is 0 Å². The van der Waals surface area contributed by atoms with Crippen molar-refractivity contribution in [3.8, 4) is 0 Å². The molecule has 1 unspecified atom stereocenters. The molecular weight excluding hydrogens is 162 g/mol. The van der Waals surface area contributed by atoms with Crippen molar-refractivity contribution in [1.82, 2.24) is 5.32 Å². The lowest BCUT2D eigenvalue weighted by Gasteiger charge is -2.25. The van der Waals surface area contributed by atoms with Crippen molar-refractivity contribution < 1.29 is 0 Å². The van der Waals surface area contributed by atoms with Gasteiger partial charge in [0, 0.05) is 13.1 Å². The van der Waals surface area contributed by atoms with Gasteiger partial charge < -0.3 is 11.1 Å².